The zero-order valence-electron chi connectivity index (χ0n) is 10.5. The van der Waals surface area contributed by atoms with Crippen LogP contribution < -0.4 is 4.90 Å². The average Bonchev–Trinajstić information content (AvgIpc) is 2.41. The molecule has 0 radical (unpaired) electrons. The molecule has 0 aliphatic rings. The molecule has 0 atom stereocenters. The molecule has 0 aromatic heterocycles. The molecule has 0 saturated carbocycles. The molecule has 2 aromatic carbocycles. The Bertz CT molecular complexity index is 454. The lowest BCUT2D eigenvalue weighted by atomic mass is 10.2. The molecule has 0 heterocycles. The van der Waals surface area contributed by atoms with Crippen LogP contribution in [-0.2, 0) is 4.79 Å². The summed E-state index contributed by atoms with van der Waals surface area (Å²) in [5.74, 6) is 0.215. The van der Waals surface area contributed by atoms with E-state index in [-0.39, 0.29) is 5.78 Å². The highest BCUT2D eigenvalue weighted by Crippen LogP contribution is 2.24. The maximum absolute atomic E-state index is 11.2. The number of carbonyl (C=O) groups excluding carboxylic acids is 1. The van der Waals surface area contributed by atoms with Crippen LogP contribution in [0.15, 0.2) is 60.7 Å². The predicted molar refractivity (Wildman–Crippen MR) is 75.2 cm³/mol. The largest absolute Gasteiger partial charge is 0.341 e. The molecule has 0 aliphatic heterocycles. The molecule has 0 unspecified atom stereocenters. The highest BCUT2D eigenvalue weighted by molar-refractivity contribution is 5.77. The van der Waals surface area contributed by atoms with Gasteiger partial charge in [0.1, 0.15) is 5.78 Å². The van der Waals surface area contributed by atoms with Crippen molar-refractivity contribution >= 4 is 17.2 Å². The van der Waals surface area contributed by atoms with Crippen molar-refractivity contribution in [1.82, 2.24) is 0 Å². The molecule has 2 heteroatoms. The second-order valence-electron chi connectivity index (χ2n) is 4.27. The summed E-state index contributed by atoms with van der Waals surface area (Å²) in [6.45, 7) is 2.34. The van der Waals surface area contributed by atoms with Gasteiger partial charge in [-0.15, -0.1) is 0 Å². The minimum absolute atomic E-state index is 0.215. The molecule has 0 saturated heterocycles. The van der Waals surface area contributed by atoms with Crippen LogP contribution in [0.2, 0.25) is 0 Å². The maximum Gasteiger partial charge on any atom is 0.131 e. The van der Waals surface area contributed by atoms with Crippen LogP contribution in [-0.4, -0.2) is 12.3 Å². The third-order valence-electron chi connectivity index (χ3n) is 2.82. The van der Waals surface area contributed by atoms with Crippen LogP contribution in [0.3, 0.4) is 0 Å². The number of hydrogen-bond donors (Lipinski definition) is 0. The lowest BCUT2D eigenvalue weighted by Gasteiger charge is -2.24. The lowest BCUT2D eigenvalue weighted by Crippen LogP contribution is -2.20. The Morgan fingerprint density at radius 3 is 1.72 bits per heavy atom. The van der Waals surface area contributed by atoms with Gasteiger partial charge in [0, 0.05) is 24.3 Å². The zero-order chi connectivity index (χ0) is 12.8. The van der Waals surface area contributed by atoms with Crippen molar-refractivity contribution in [3.63, 3.8) is 0 Å². The Hall–Kier alpha value is -2.09. The summed E-state index contributed by atoms with van der Waals surface area (Å²) in [5.41, 5.74) is 2.23. The van der Waals surface area contributed by atoms with Gasteiger partial charge in [-0.1, -0.05) is 36.4 Å². The van der Waals surface area contributed by atoms with E-state index < -0.39 is 0 Å². The van der Waals surface area contributed by atoms with Crippen LogP contribution in [0.1, 0.15) is 13.3 Å². The van der Waals surface area contributed by atoms with E-state index in [4.69, 9.17) is 0 Å². The molecular weight excluding hydrogens is 222 g/mol. The minimum atomic E-state index is 0.215. The molecule has 0 N–H and O–H groups in total. The van der Waals surface area contributed by atoms with E-state index in [2.05, 4.69) is 29.2 Å². The van der Waals surface area contributed by atoms with Gasteiger partial charge in [-0.3, -0.25) is 4.79 Å². The summed E-state index contributed by atoms with van der Waals surface area (Å²) in [5, 5.41) is 0. The van der Waals surface area contributed by atoms with E-state index in [1.165, 1.54) is 0 Å². The van der Waals surface area contributed by atoms with E-state index >= 15 is 0 Å². The normalized spacial score (nSPS) is 10.1. The van der Waals surface area contributed by atoms with Crippen molar-refractivity contribution in [3.05, 3.63) is 60.7 Å². The third-order valence-corrected chi connectivity index (χ3v) is 2.82. The van der Waals surface area contributed by atoms with Crippen molar-refractivity contribution in [3.8, 4) is 0 Å². The zero-order valence-corrected chi connectivity index (χ0v) is 10.5. The summed E-state index contributed by atoms with van der Waals surface area (Å²) < 4.78 is 0. The molecule has 2 nitrogen and oxygen atoms in total. The van der Waals surface area contributed by atoms with Gasteiger partial charge in [0.15, 0.2) is 0 Å². The summed E-state index contributed by atoms with van der Waals surface area (Å²) in [7, 11) is 0. The summed E-state index contributed by atoms with van der Waals surface area (Å²) in [4.78, 5) is 13.4. The predicted octanol–water partition coefficient (Wildman–Crippen LogP) is 3.80. The average molecular weight is 239 g/mol. The van der Waals surface area contributed by atoms with Crippen molar-refractivity contribution < 1.29 is 4.79 Å². The number of rotatable bonds is 5. The van der Waals surface area contributed by atoms with E-state index in [9.17, 15) is 4.79 Å². The fraction of sp³-hybridized carbons (Fsp3) is 0.188. The second kappa shape index (κ2) is 6.01. The second-order valence-corrected chi connectivity index (χ2v) is 4.27. The van der Waals surface area contributed by atoms with Crippen molar-refractivity contribution in [2.75, 3.05) is 11.4 Å². The summed E-state index contributed by atoms with van der Waals surface area (Å²) >= 11 is 0. The minimum Gasteiger partial charge on any atom is -0.341 e. The first-order chi connectivity index (χ1) is 8.77. The summed E-state index contributed by atoms with van der Waals surface area (Å²) in [6.07, 6.45) is 0.559. The Kier molecular flexibility index (Phi) is 4.13. The van der Waals surface area contributed by atoms with Gasteiger partial charge in [0.25, 0.3) is 0 Å². The lowest BCUT2D eigenvalue weighted by molar-refractivity contribution is -0.116. The molecule has 0 fully saturated rings. The molecule has 2 aromatic rings. The van der Waals surface area contributed by atoms with E-state index in [0.717, 1.165) is 11.4 Å². The molecular formula is C16H17NO. The van der Waals surface area contributed by atoms with Crippen LogP contribution in [0, 0.1) is 0 Å². The van der Waals surface area contributed by atoms with Gasteiger partial charge >= 0.3 is 0 Å². The molecule has 0 amide bonds. The van der Waals surface area contributed by atoms with Gasteiger partial charge in [-0.05, 0) is 31.2 Å². The van der Waals surface area contributed by atoms with Crippen LogP contribution >= 0.6 is 0 Å². The number of para-hydroxylation sites is 2. The van der Waals surface area contributed by atoms with Crippen LogP contribution in [0.4, 0.5) is 11.4 Å². The molecule has 2 rings (SSSR count). The number of hydrogen-bond acceptors (Lipinski definition) is 2. The van der Waals surface area contributed by atoms with Crippen molar-refractivity contribution in [1.29, 1.82) is 0 Å². The molecule has 18 heavy (non-hydrogen) atoms. The van der Waals surface area contributed by atoms with Crippen molar-refractivity contribution in [2.45, 2.75) is 13.3 Å². The fourth-order valence-electron chi connectivity index (χ4n) is 1.89. The fourth-order valence-corrected chi connectivity index (χ4v) is 1.89. The Labute approximate surface area is 108 Å². The van der Waals surface area contributed by atoms with Crippen LogP contribution in [0.25, 0.3) is 0 Å². The number of nitrogens with zero attached hydrogens (tertiary/aromatic N) is 1. The standard InChI is InChI=1S/C16H17NO/c1-14(18)12-13-17(15-8-4-2-5-9-15)16-10-6-3-7-11-16/h2-11H,12-13H2,1H3. The van der Waals surface area contributed by atoms with Gasteiger partial charge in [-0.2, -0.15) is 0 Å². The number of carbonyl (C=O) groups is 1. The Morgan fingerprint density at radius 1 is 0.889 bits per heavy atom. The first-order valence-corrected chi connectivity index (χ1v) is 6.14. The Morgan fingerprint density at radius 2 is 1.33 bits per heavy atom. The third kappa shape index (κ3) is 3.20. The van der Waals surface area contributed by atoms with Gasteiger partial charge in [0.2, 0.25) is 0 Å². The quantitative estimate of drug-likeness (QED) is 0.791. The first-order valence-electron chi connectivity index (χ1n) is 6.14. The maximum atomic E-state index is 11.2. The number of anilines is 2. The summed E-state index contributed by atoms with van der Waals surface area (Å²) in [6, 6.07) is 20.3. The van der Waals surface area contributed by atoms with E-state index in [1.54, 1.807) is 6.92 Å². The number of ketones is 1. The van der Waals surface area contributed by atoms with E-state index in [0.29, 0.717) is 13.0 Å². The van der Waals surface area contributed by atoms with Gasteiger partial charge in [-0.25, -0.2) is 0 Å². The molecule has 0 bridgehead atoms. The highest BCUT2D eigenvalue weighted by Gasteiger charge is 2.09. The first kappa shape index (κ1) is 12.4. The molecule has 92 valence electrons. The smallest absolute Gasteiger partial charge is 0.131 e. The van der Waals surface area contributed by atoms with Crippen LogP contribution in [0.5, 0.6) is 0 Å². The molecule has 0 aliphatic carbocycles. The number of benzene rings is 2. The molecule has 0 spiro atoms. The SMILES string of the molecule is CC(=O)CCN(c1ccccc1)c1ccccc1. The highest BCUT2D eigenvalue weighted by atomic mass is 16.1. The topological polar surface area (TPSA) is 20.3 Å². The van der Waals surface area contributed by atoms with E-state index in [1.807, 2.05) is 36.4 Å². The van der Waals surface area contributed by atoms with Crippen molar-refractivity contribution in [2.24, 2.45) is 0 Å². The van der Waals surface area contributed by atoms with Gasteiger partial charge in [0.05, 0.1) is 0 Å². The Balaban J connectivity index is 2.26. The van der Waals surface area contributed by atoms with Gasteiger partial charge < -0.3 is 4.90 Å². The number of Topliss-reactive ketones (excluding diaryl/α,β-unsaturated/α-hetero) is 1. The monoisotopic (exact) mass is 239 g/mol.